The number of para-hydroxylation sites is 1. The Kier molecular flexibility index (Phi) is 5.50. The van der Waals surface area contributed by atoms with Gasteiger partial charge < -0.3 is 10.1 Å². The smallest absolute Gasteiger partial charge is 0.132 e. The van der Waals surface area contributed by atoms with Gasteiger partial charge in [-0.05, 0) is 37.2 Å². The van der Waals surface area contributed by atoms with E-state index in [0.29, 0.717) is 6.04 Å². The molecular formula is C17H21NOS. The molecule has 106 valence electrons. The Hall–Kier alpha value is -1.45. The van der Waals surface area contributed by atoms with Crippen LogP contribution in [0.5, 0.6) is 5.75 Å². The first kappa shape index (κ1) is 14.9. The van der Waals surface area contributed by atoms with Crippen LogP contribution in [0.1, 0.15) is 17.2 Å². The molecule has 0 aliphatic rings. The minimum Gasteiger partial charge on any atom is -0.496 e. The van der Waals surface area contributed by atoms with Crippen LogP contribution in [0.3, 0.4) is 0 Å². The molecular weight excluding hydrogens is 266 g/mol. The van der Waals surface area contributed by atoms with Crippen LogP contribution in [0, 0.1) is 6.92 Å². The van der Waals surface area contributed by atoms with Crippen molar-refractivity contribution in [3.8, 4) is 5.75 Å². The van der Waals surface area contributed by atoms with Crippen molar-refractivity contribution >= 4 is 11.8 Å². The summed E-state index contributed by atoms with van der Waals surface area (Å²) in [6, 6.07) is 17.0. The molecule has 2 nitrogen and oxygen atoms in total. The second kappa shape index (κ2) is 7.36. The predicted molar refractivity (Wildman–Crippen MR) is 86.7 cm³/mol. The summed E-state index contributed by atoms with van der Waals surface area (Å²) in [6.07, 6.45) is 0. The van der Waals surface area contributed by atoms with E-state index in [4.69, 9.17) is 4.74 Å². The summed E-state index contributed by atoms with van der Waals surface area (Å²) in [5.74, 6) is 1.92. The van der Waals surface area contributed by atoms with E-state index in [1.807, 2.05) is 37.0 Å². The zero-order chi connectivity index (χ0) is 14.4. The molecule has 1 unspecified atom stereocenters. The van der Waals surface area contributed by atoms with E-state index < -0.39 is 0 Å². The Morgan fingerprint density at radius 2 is 1.80 bits per heavy atom. The molecule has 20 heavy (non-hydrogen) atoms. The molecule has 0 saturated heterocycles. The summed E-state index contributed by atoms with van der Waals surface area (Å²) < 4.78 is 5.40. The molecule has 0 aliphatic heterocycles. The van der Waals surface area contributed by atoms with Gasteiger partial charge in [-0.1, -0.05) is 36.4 Å². The van der Waals surface area contributed by atoms with Crippen molar-refractivity contribution in [2.45, 2.75) is 17.9 Å². The Bertz CT molecular complexity index is 556. The molecule has 0 bridgehead atoms. The molecule has 0 fully saturated rings. The van der Waals surface area contributed by atoms with Gasteiger partial charge in [0.15, 0.2) is 0 Å². The molecule has 2 aromatic rings. The number of thioether (sulfide) groups is 1. The fourth-order valence-electron chi connectivity index (χ4n) is 2.22. The van der Waals surface area contributed by atoms with Gasteiger partial charge in [-0.2, -0.15) is 0 Å². The maximum atomic E-state index is 5.40. The van der Waals surface area contributed by atoms with E-state index in [1.54, 1.807) is 7.11 Å². The zero-order valence-corrected chi connectivity index (χ0v) is 13.0. The van der Waals surface area contributed by atoms with Crippen LogP contribution in [0.2, 0.25) is 0 Å². The van der Waals surface area contributed by atoms with E-state index >= 15 is 0 Å². The molecule has 0 amide bonds. The van der Waals surface area contributed by atoms with Gasteiger partial charge in [-0.25, -0.2) is 0 Å². The summed E-state index contributed by atoms with van der Waals surface area (Å²) in [4.78, 5) is 1.18. The monoisotopic (exact) mass is 287 g/mol. The van der Waals surface area contributed by atoms with Gasteiger partial charge in [0.05, 0.1) is 7.11 Å². The Balaban J connectivity index is 2.10. The molecule has 0 aliphatic carbocycles. The first-order valence-electron chi connectivity index (χ1n) is 6.75. The number of nitrogens with one attached hydrogen (secondary N) is 1. The lowest BCUT2D eigenvalue weighted by molar-refractivity contribution is 0.405. The van der Waals surface area contributed by atoms with Crippen molar-refractivity contribution in [2.24, 2.45) is 0 Å². The average molecular weight is 287 g/mol. The van der Waals surface area contributed by atoms with E-state index in [9.17, 15) is 0 Å². The molecule has 3 heteroatoms. The van der Waals surface area contributed by atoms with Crippen LogP contribution >= 0.6 is 11.8 Å². The van der Waals surface area contributed by atoms with Crippen molar-refractivity contribution < 1.29 is 4.74 Å². The van der Waals surface area contributed by atoms with E-state index in [2.05, 4.69) is 42.6 Å². The van der Waals surface area contributed by atoms with Crippen molar-refractivity contribution in [2.75, 3.05) is 19.9 Å². The summed E-state index contributed by atoms with van der Waals surface area (Å²) in [5, 5.41) is 3.41. The van der Waals surface area contributed by atoms with Gasteiger partial charge in [0.1, 0.15) is 5.75 Å². The van der Waals surface area contributed by atoms with Gasteiger partial charge >= 0.3 is 0 Å². The molecule has 0 radical (unpaired) electrons. The summed E-state index contributed by atoms with van der Waals surface area (Å²) in [5.41, 5.74) is 2.69. The summed E-state index contributed by atoms with van der Waals surface area (Å²) >= 11 is 1.82. The molecule has 0 heterocycles. The highest BCUT2D eigenvalue weighted by molar-refractivity contribution is 7.99. The van der Waals surface area contributed by atoms with Gasteiger partial charge in [-0.15, -0.1) is 11.8 Å². The minimum absolute atomic E-state index is 0.339. The first-order chi connectivity index (χ1) is 9.76. The molecule has 0 spiro atoms. The van der Waals surface area contributed by atoms with E-state index in [-0.39, 0.29) is 0 Å². The third kappa shape index (κ3) is 3.56. The van der Waals surface area contributed by atoms with Gasteiger partial charge in [-0.3, -0.25) is 0 Å². The van der Waals surface area contributed by atoms with E-state index in [1.165, 1.54) is 16.0 Å². The second-order valence-corrected chi connectivity index (χ2v) is 5.72. The Labute approximate surface area is 125 Å². The van der Waals surface area contributed by atoms with Crippen LogP contribution in [-0.2, 0) is 0 Å². The standard InChI is InChI=1S/C17H21NOS/c1-13-8-4-5-9-14(13)15(18-2)12-20-17-11-7-6-10-16(17)19-3/h4-11,15,18H,12H2,1-3H3. The highest BCUT2D eigenvalue weighted by Crippen LogP contribution is 2.32. The number of ether oxygens (including phenoxy) is 1. The Morgan fingerprint density at radius 3 is 2.50 bits per heavy atom. The highest BCUT2D eigenvalue weighted by atomic mass is 32.2. The molecule has 2 aromatic carbocycles. The molecule has 1 atom stereocenters. The number of hydrogen-bond donors (Lipinski definition) is 1. The van der Waals surface area contributed by atoms with Crippen LogP contribution < -0.4 is 10.1 Å². The molecule has 1 N–H and O–H groups in total. The number of rotatable bonds is 6. The third-order valence-electron chi connectivity index (χ3n) is 3.39. The zero-order valence-electron chi connectivity index (χ0n) is 12.2. The fourth-order valence-corrected chi connectivity index (χ4v) is 3.38. The van der Waals surface area contributed by atoms with Crippen LogP contribution in [-0.4, -0.2) is 19.9 Å². The van der Waals surface area contributed by atoms with Gasteiger partial charge in [0, 0.05) is 16.7 Å². The second-order valence-electron chi connectivity index (χ2n) is 4.66. The maximum Gasteiger partial charge on any atom is 0.132 e. The lowest BCUT2D eigenvalue weighted by Crippen LogP contribution is -2.19. The van der Waals surface area contributed by atoms with Crippen molar-refractivity contribution in [1.29, 1.82) is 0 Å². The normalized spacial score (nSPS) is 12.2. The molecule has 0 saturated carbocycles. The quantitative estimate of drug-likeness (QED) is 0.810. The fraction of sp³-hybridized carbons (Fsp3) is 0.294. The first-order valence-corrected chi connectivity index (χ1v) is 7.73. The summed E-state index contributed by atoms with van der Waals surface area (Å²) in [7, 11) is 3.73. The lowest BCUT2D eigenvalue weighted by Gasteiger charge is -2.19. The SMILES string of the molecule is CNC(CSc1ccccc1OC)c1ccccc1C. The van der Waals surface area contributed by atoms with Crippen molar-refractivity contribution in [3.05, 3.63) is 59.7 Å². The molecule has 0 aromatic heterocycles. The minimum atomic E-state index is 0.339. The number of benzene rings is 2. The van der Waals surface area contributed by atoms with Crippen molar-refractivity contribution in [1.82, 2.24) is 5.32 Å². The van der Waals surface area contributed by atoms with Crippen LogP contribution in [0.25, 0.3) is 0 Å². The third-order valence-corrected chi connectivity index (χ3v) is 4.54. The number of methoxy groups -OCH3 is 1. The topological polar surface area (TPSA) is 21.3 Å². The van der Waals surface area contributed by atoms with Crippen molar-refractivity contribution in [3.63, 3.8) is 0 Å². The van der Waals surface area contributed by atoms with Crippen LogP contribution in [0.4, 0.5) is 0 Å². The van der Waals surface area contributed by atoms with Gasteiger partial charge in [0.2, 0.25) is 0 Å². The average Bonchev–Trinajstić information content (AvgIpc) is 2.50. The molecule has 2 rings (SSSR count). The Morgan fingerprint density at radius 1 is 1.10 bits per heavy atom. The maximum absolute atomic E-state index is 5.40. The number of hydrogen-bond acceptors (Lipinski definition) is 3. The van der Waals surface area contributed by atoms with Crippen LogP contribution in [0.15, 0.2) is 53.4 Å². The predicted octanol–water partition coefficient (Wildman–Crippen LogP) is 4.06. The highest BCUT2D eigenvalue weighted by Gasteiger charge is 2.13. The largest absolute Gasteiger partial charge is 0.496 e. The van der Waals surface area contributed by atoms with E-state index in [0.717, 1.165) is 11.5 Å². The number of aryl methyl sites for hydroxylation is 1. The van der Waals surface area contributed by atoms with Gasteiger partial charge in [0.25, 0.3) is 0 Å². The lowest BCUT2D eigenvalue weighted by atomic mass is 10.0. The summed E-state index contributed by atoms with van der Waals surface area (Å²) in [6.45, 7) is 2.16.